The number of carbonyl (C=O) groups is 1. The van der Waals surface area contributed by atoms with Crippen LogP contribution in [0.3, 0.4) is 0 Å². The van der Waals surface area contributed by atoms with Crippen molar-refractivity contribution >= 4 is 11.8 Å². The Balaban J connectivity index is 2.11. The number of pyridine rings is 1. The molecule has 2 rings (SSSR count). The van der Waals surface area contributed by atoms with Crippen molar-refractivity contribution < 1.29 is 9.90 Å². The molecule has 20 heavy (non-hydrogen) atoms. The number of amides is 1. The van der Waals surface area contributed by atoms with Crippen LogP contribution in [0.2, 0.25) is 0 Å². The Morgan fingerprint density at radius 3 is 2.70 bits per heavy atom. The van der Waals surface area contributed by atoms with Gasteiger partial charge in [0.05, 0.1) is 11.4 Å². The van der Waals surface area contributed by atoms with Crippen molar-refractivity contribution in [2.45, 2.75) is 39.2 Å². The summed E-state index contributed by atoms with van der Waals surface area (Å²) < 4.78 is 0. The average Bonchev–Trinajstić information content (AvgIpc) is 2.49. The Morgan fingerprint density at radius 1 is 1.45 bits per heavy atom. The molecule has 1 saturated heterocycles. The minimum atomic E-state index is -0.804. The lowest BCUT2D eigenvalue weighted by molar-refractivity contribution is 0.131. The summed E-state index contributed by atoms with van der Waals surface area (Å²) in [7, 11) is 0. The fourth-order valence-electron chi connectivity index (χ4n) is 2.96. The van der Waals surface area contributed by atoms with Gasteiger partial charge in [0.25, 0.3) is 0 Å². The van der Waals surface area contributed by atoms with Crippen LogP contribution >= 0.6 is 0 Å². The molecule has 1 amide bonds. The van der Waals surface area contributed by atoms with Crippen LogP contribution in [0.5, 0.6) is 0 Å². The average molecular weight is 277 g/mol. The second-order valence-electron chi connectivity index (χ2n) is 5.11. The van der Waals surface area contributed by atoms with Crippen LogP contribution in [0.4, 0.5) is 10.5 Å². The van der Waals surface area contributed by atoms with Gasteiger partial charge in [-0.25, -0.2) is 4.79 Å². The SMILES string of the molecule is CCc1ncccc1N(CC)C1CCN(C(=O)O)CC1. The van der Waals surface area contributed by atoms with Crippen molar-refractivity contribution in [3.63, 3.8) is 0 Å². The third-order valence-electron chi connectivity index (χ3n) is 4.03. The quantitative estimate of drug-likeness (QED) is 0.919. The molecule has 0 saturated carbocycles. The zero-order chi connectivity index (χ0) is 14.5. The first-order valence-corrected chi connectivity index (χ1v) is 7.35. The second-order valence-corrected chi connectivity index (χ2v) is 5.11. The Labute approximate surface area is 120 Å². The van der Waals surface area contributed by atoms with Gasteiger partial charge in [0.2, 0.25) is 0 Å². The number of piperidine rings is 1. The molecule has 0 spiro atoms. The van der Waals surface area contributed by atoms with Gasteiger partial charge in [0.15, 0.2) is 0 Å². The van der Waals surface area contributed by atoms with Gasteiger partial charge < -0.3 is 14.9 Å². The molecule has 0 bridgehead atoms. The fourth-order valence-corrected chi connectivity index (χ4v) is 2.96. The van der Waals surface area contributed by atoms with E-state index in [4.69, 9.17) is 5.11 Å². The lowest BCUT2D eigenvalue weighted by Crippen LogP contribution is -2.46. The number of anilines is 1. The normalized spacial score (nSPS) is 16.2. The second kappa shape index (κ2) is 6.59. The van der Waals surface area contributed by atoms with Crippen molar-refractivity contribution in [1.29, 1.82) is 0 Å². The highest BCUT2D eigenvalue weighted by molar-refractivity contribution is 5.65. The first kappa shape index (κ1) is 14.6. The van der Waals surface area contributed by atoms with Gasteiger partial charge in [-0.3, -0.25) is 4.98 Å². The lowest BCUT2D eigenvalue weighted by atomic mass is 10.0. The van der Waals surface area contributed by atoms with E-state index in [2.05, 4.69) is 29.8 Å². The maximum absolute atomic E-state index is 11.0. The third kappa shape index (κ3) is 3.03. The van der Waals surface area contributed by atoms with E-state index in [0.717, 1.165) is 31.5 Å². The van der Waals surface area contributed by atoms with Gasteiger partial charge in [0, 0.05) is 31.9 Å². The van der Waals surface area contributed by atoms with Crippen LogP contribution in [-0.4, -0.2) is 46.8 Å². The molecule has 5 nitrogen and oxygen atoms in total. The Kier molecular flexibility index (Phi) is 4.82. The van der Waals surface area contributed by atoms with Gasteiger partial charge in [0.1, 0.15) is 0 Å². The minimum absolute atomic E-state index is 0.408. The molecule has 110 valence electrons. The molecule has 1 aromatic rings. The van der Waals surface area contributed by atoms with Crippen LogP contribution < -0.4 is 4.90 Å². The molecule has 1 aromatic heterocycles. The van der Waals surface area contributed by atoms with Crippen LogP contribution in [0, 0.1) is 0 Å². The summed E-state index contributed by atoms with van der Waals surface area (Å²) in [4.78, 5) is 19.3. The first-order chi connectivity index (χ1) is 9.67. The Hall–Kier alpha value is -1.78. The molecule has 0 aromatic carbocycles. The smallest absolute Gasteiger partial charge is 0.407 e. The summed E-state index contributed by atoms with van der Waals surface area (Å²) in [5.74, 6) is 0. The van der Waals surface area contributed by atoms with Crippen molar-refractivity contribution in [1.82, 2.24) is 9.88 Å². The first-order valence-electron chi connectivity index (χ1n) is 7.35. The lowest BCUT2D eigenvalue weighted by Gasteiger charge is -2.39. The molecule has 0 atom stereocenters. The van der Waals surface area contributed by atoms with Crippen molar-refractivity contribution in [2.75, 3.05) is 24.5 Å². The molecule has 1 N–H and O–H groups in total. The van der Waals surface area contributed by atoms with E-state index in [1.807, 2.05) is 12.3 Å². The summed E-state index contributed by atoms with van der Waals surface area (Å²) in [5.41, 5.74) is 2.32. The summed E-state index contributed by atoms with van der Waals surface area (Å²) in [6.07, 6.45) is 3.72. The predicted molar refractivity (Wildman–Crippen MR) is 79.3 cm³/mol. The highest BCUT2D eigenvalue weighted by Crippen LogP contribution is 2.26. The van der Waals surface area contributed by atoms with Gasteiger partial charge in [-0.1, -0.05) is 6.92 Å². The molecule has 0 radical (unpaired) electrons. The molecular formula is C15H23N3O2. The summed E-state index contributed by atoms with van der Waals surface area (Å²) in [6, 6.07) is 4.51. The van der Waals surface area contributed by atoms with E-state index in [1.165, 1.54) is 10.6 Å². The van der Waals surface area contributed by atoms with Crippen LogP contribution in [0.15, 0.2) is 18.3 Å². The highest BCUT2D eigenvalue weighted by atomic mass is 16.4. The molecular weight excluding hydrogens is 254 g/mol. The number of carboxylic acid groups (broad SMARTS) is 1. The Morgan fingerprint density at radius 2 is 2.15 bits per heavy atom. The fraction of sp³-hybridized carbons (Fsp3) is 0.600. The number of nitrogens with zero attached hydrogens (tertiary/aromatic N) is 3. The van der Waals surface area contributed by atoms with Crippen LogP contribution in [0.1, 0.15) is 32.4 Å². The molecule has 0 aliphatic carbocycles. The van der Waals surface area contributed by atoms with Crippen molar-refractivity contribution in [3.05, 3.63) is 24.0 Å². The van der Waals surface area contributed by atoms with E-state index in [-0.39, 0.29) is 0 Å². The van der Waals surface area contributed by atoms with Crippen molar-refractivity contribution in [3.8, 4) is 0 Å². The Bertz CT molecular complexity index is 456. The minimum Gasteiger partial charge on any atom is -0.465 e. The zero-order valence-corrected chi connectivity index (χ0v) is 12.2. The summed E-state index contributed by atoms with van der Waals surface area (Å²) in [6.45, 7) is 6.44. The van der Waals surface area contributed by atoms with Crippen molar-refractivity contribution in [2.24, 2.45) is 0 Å². The number of hydrogen-bond donors (Lipinski definition) is 1. The topological polar surface area (TPSA) is 56.7 Å². The summed E-state index contributed by atoms with van der Waals surface area (Å²) in [5, 5.41) is 9.02. The van der Waals surface area contributed by atoms with Crippen LogP contribution in [-0.2, 0) is 6.42 Å². The molecule has 1 aliphatic rings. The van der Waals surface area contributed by atoms with Gasteiger partial charge in [-0.15, -0.1) is 0 Å². The van der Waals surface area contributed by atoms with Gasteiger partial charge in [-0.2, -0.15) is 0 Å². The maximum atomic E-state index is 11.0. The summed E-state index contributed by atoms with van der Waals surface area (Å²) >= 11 is 0. The molecule has 5 heteroatoms. The molecule has 1 fully saturated rings. The molecule has 0 unspecified atom stereocenters. The van der Waals surface area contributed by atoms with E-state index < -0.39 is 6.09 Å². The number of aryl methyl sites for hydroxylation is 1. The monoisotopic (exact) mass is 277 g/mol. The predicted octanol–water partition coefficient (Wildman–Crippen LogP) is 2.61. The number of rotatable bonds is 4. The van der Waals surface area contributed by atoms with Crippen LogP contribution in [0.25, 0.3) is 0 Å². The van der Waals surface area contributed by atoms with E-state index >= 15 is 0 Å². The van der Waals surface area contributed by atoms with E-state index in [9.17, 15) is 4.79 Å². The number of hydrogen-bond acceptors (Lipinski definition) is 3. The van der Waals surface area contributed by atoms with E-state index in [0.29, 0.717) is 19.1 Å². The van der Waals surface area contributed by atoms with Gasteiger partial charge >= 0.3 is 6.09 Å². The third-order valence-corrected chi connectivity index (χ3v) is 4.03. The van der Waals surface area contributed by atoms with Gasteiger partial charge in [-0.05, 0) is 38.3 Å². The number of aromatic nitrogens is 1. The molecule has 1 aliphatic heterocycles. The standard InChI is InChI=1S/C15H23N3O2/c1-3-13-14(6-5-9-16-13)18(4-2)12-7-10-17(11-8-12)15(19)20/h5-6,9,12H,3-4,7-8,10-11H2,1-2H3,(H,19,20). The van der Waals surface area contributed by atoms with E-state index in [1.54, 1.807) is 0 Å². The number of likely N-dealkylation sites (tertiary alicyclic amines) is 1. The maximum Gasteiger partial charge on any atom is 0.407 e. The highest BCUT2D eigenvalue weighted by Gasteiger charge is 2.27. The molecule has 2 heterocycles. The zero-order valence-electron chi connectivity index (χ0n) is 12.2. The largest absolute Gasteiger partial charge is 0.465 e.